The van der Waals surface area contributed by atoms with Gasteiger partial charge in [0, 0.05) is 18.0 Å². The molecular formula is C16H25NO2S. The van der Waals surface area contributed by atoms with E-state index in [2.05, 4.69) is 12.3 Å². The van der Waals surface area contributed by atoms with E-state index in [0.29, 0.717) is 0 Å². The summed E-state index contributed by atoms with van der Waals surface area (Å²) in [6.07, 6.45) is 3.95. The van der Waals surface area contributed by atoms with Gasteiger partial charge in [-0.15, -0.1) is 11.3 Å². The molecule has 0 bridgehead atoms. The highest BCUT2D eigenvalue weighted by Gasteiger charge is 2.29. The summed E-state index contributed by atoms with van der Waals surface area (Å²) in [6, 6.07) is 0.261. The van der Waals surface area contributed by atoms with Crippen molar-refractivity contribution in [3.05, 3.63) is 21.4 Å². The van der Waals surface area contributed by atoms with Gasteiger partial charge in [0.15, 0.2) is 0 Å². The summed E-state index contributed by atoms with van der Waals surface area (Å²) >= 11 is 1.86. The fraction of sp³-hybridized carbons (Fsp3) is 0.688. The molecule has 0 N–H and O–H groups in total. The van der Waals surface area contributed by atoms with Gasteiger partial charge in [-0.3, -0.25) is 0 Å². The minimum absolute atomic E-state index is 0.209. The highest BCUT2D eigenvalue weighted by molar-refractivity contribution is 7.10. The molecule has 1 aliphatic carbocycles. The summed E-state index contributed by atoms with van der Waals surface area (Å²) in [6.45, 7) is 7.93. The zero-order valence-corrected chi connectivity index (χ0v) is 14.0. The fourth-order valence-electron chi connectivity index (χ4n) is 2.69. The second-order valence-electron chi connectivity index (χ2n) is 6.50. The second-order valence-corrected chi connectivity index (χ2v) is 7.47. The molecule has 112 valence electrons. The lowest BCUT2D eigenvalue weighted by molar-refractivity contribution is 0.0210. The van der Waals surface area contributed by atoms with E-state index in [-0.39, 0.29) is 12.1 Å². The number of rotatable bonds is 2. The second kappa shape index (κ2) is 5.76. The molecule has 1 atom stereocenters. The number of carbonyl (C=O) groups is 1. The Morgan fingerprint density at radius 2 is 2.20 bits per heavy atom. The molecule has 1 aromatic heterocycles. The molecule has 1 aromatic rings. The van der Waals surface area contributed by atoms with Crippen LogP contribution in [0.15, 0.2) is 5.38 Å². The number of hydrogen-bond donors (Lipinski definition) is 0. The lowest BCUT2D eigenvalue weighted by Crippen LogP contribution is -2.43. The van der Waals surface area contributed by atoms with Gasteiger partial charge >= 0.3 is 6.09 Å². The van der Waals surface area contributed by atoms with Crippen molar-refractivity contribution in [1.29, 1.82) is 0 Å². The van der Waals surface area contributed by atoms with E-state index in [4.69, 9.17) is 4.74 Å². The number of amides is 1. The Labute approximate surface area is 125 Å². The molecule has 0 aliphatic heterocycles. The molecule has 0 fully saturated rings. The third-order valence-electron chi connectivity index (χ3n) is 3.80. The predicted octanol–water partition coefficient (Wildman–Crippen LogP) is 4.03. The first-order chi connectivity index (χ1) is 9.31. The van der Waals surface area contributed by atoms with Gasteiger partial charge in [-0.2, -0.15) is 0 Å². The molecule has 0 spiro atoms. The van der Waals surface area contributed by atoms with Crippen molar-refractivity contribution in [3.63, 3.8) is 0 Å². The summed E-state index contributed by atoms with van der Waals surface area (Å²) in [4.78, 5) is 15.4. The van der Waals surface area contributed by atoms with Crippen molar-refractivity contribution in [2.75, 3.05) is 7.05 Å². The smallest absolute Gasteiger partial charge is 0.410 e. The van der Waals surface area contributed by atoms with Crippen molar-refractivity contribution in [1.82, 2.24) is 4.90 Å². The maximum absolute atomic E-state index is 12.2. The SMILES string of the molecule is CCc1scc2c1CC(N(C)C(=O)OC(C)(C)C)CC2. The topological polar surface area (TPSA) is 29.5 Å². The van der Waals surface area contributed by atoms with E-state index in [0.717, 1.165) is 25.7 Å². The van der Waals surface area contributed by atoms with Crippen LogP contribution >= 0.6 is 11.3 Å². The Balaban J connectivity index is 2.06. The normalized spacial score (nSPS) is 18.6. The first kappa shape index (κ1) is 15.4. The summed E-state index contributed by atoms with van der Waals surface area (Å²) < 4.78 is 5.47. The Morgan fingerprint density at radius 1 is 1.50 bits per heavy atom. The molecule has 2 rings (SSSR count). The zero-order chi connectivity index (χ0) is 14.9. The highest BCUT2D eigenvalue weighted by Crippen LogP contribution is 2.32. The van der Waals surface area contributed by atoms with E-state index in [1.54, 1.807) is 4.90 Å². The molecule has 0 saturated carbocycles. The van der Waals surface area contributed by atoms with Gasteiger partial charge in [-0.05, 0) is 63.0 Å². The van der Waals surface area contributed by atoms with Crippen LogP contribution in [0.4, 0.5) is 4.79 Å². The fourth-order valence-corrected chi connectivity index (χ4v) is 3.76. The maximum atomic E-state index is 12.2. The van der Waals surface area contributed by atoms with Gasteiger partial charge in [0.05, 0.1) is 0 Å². The van der Waals surface area contributed by atoms with E-state index in [9.17, 15) is 4.79 Å². The van der Waals surface area contributed by atoms with Crippen LogP contribution in [-0.4, -0.2) is 29.7 Å². The standard InChI is InChI=1S/C16H25NO2S/c1-6-14-13-9-12(8-7-11(13)10-20-14)17(5)15(18)19-16(2,3)4/h10,12H,6-9H2,1-5H3. The number of hydrogen-bond acceptors (Lipinski definition) is 3. The molecule has 1 amide bonds. The molecular weight excluding hydrogens is 270 g/mol. The molecule has 1 heterocycles. The number of thiophene rings is 1. The molecule has 0 aromatic carbocycles. The van der Waals surface area contributed by atoms with Crippen LogP contribution in [0.25, 0.3) is 0 Å². The Morgan fingerprint density at radius 3 is 2.80 bits per heavy atom. The summed E-state index contributed by atoms with van der Waals surface area (Å²) in [5, 5.41) is 2.29. The average Bonchev–Trinajstić information content (AvgIpc) is 2.77. The maximum Gasteiger partial charge on any atom is 0.410 e. The molecule has 1 unspecified atom stereocenters. The van der Waals surface area contributed by atoms with Gasteiger partial charge < -0.3 is 9.64 Å². The van der Waals surface area contributed by atoms with Crippen LogP contribution in [-0.2, 0) is 24.0 Å². The third-order valence-corrected chi connectivity index (χ3v) is 5.03. The first-order valence-corrected chi connectivity index (χ1v) is 8.23. The summed E-state index contributed by atoms with van der Waals surface area (Å²) in [7, 11) is 1.86. The predicted molar refractivity (Wildman–Crippen MR) is 83.5 cm³/mol. The van der Waals surface area contributed by atoms with Gasteiger partial charge in [-0.1, -0.05) is 6.92 Å². The Hall–Kier alpha value is -1.03. The quantitative estimate of drug-likeness (QED) is 0.824. The number of aryl methyl sites for hydroxylation is 2. The van der Waals surface area contributed by atoms with E-state index >= 15 is 0 Å². The number of nitrogens with zero attached hydrogens (tertiary/aromatic N) is 1. The lowest BCUT2D eigenvalue weighted by Gasteiger charge is -2.33. The van der Waals surface area contributed by atoms with Crippen LogP contribution in [0.2, 0.25) is 0 Å². The molecule has 4 heteroatoms. The van der Waals surface area contributed by atoms with Crippen molar-refractivity contribution in [2.24, 2.45) is 0 Å². The van der Waals surface area contributed by atoms with E-state index < -0.39 is 5.60 Å². The number of likely N-dealkylation sites (N-methyl/N-ethyl adjacent to an activating group) is 1. The molecule has 0 saturated heterocycles. The van der Waals surface area contributed by atoms with Crippen LogP contribution < -0.4 is 0 Å². The van der Waals surface area contributed by atoms with Gasteiger partial charge in [-0.25, -0.2) is 4.79 Å². The third kappa shape index (κ3) is 3.35. The average molecular weight is 295 g/mol. The van der Waals surface area contributed by atoms with Crippen LogP contribution in [0, 0.1) is 0 Å². The largest absolute Gasteiger partial charge is 0.444 e. The molecule has 3 nitrogen and oxygen atoms in total. The first-order valence-electron chi connectivity index (χ1n) is 7.35. The Kier molecular flexibility index (Phi) is 4.43. The minimum atomic E-state index is -0.428. The monoisotopic (exact) mass is 295 g/mol. The van der Waals surface area contributed by atoms with Crippen molar-refractivity contribution < 1.29 is 9.53 Å². The Bertz CT molecular complexity index is 474. The van der Waals surface area contributed by atoms with Crippen LogP contribution in [0.1, 0.15) is 50.1 Å². The number of carbonyl (C=O) groups excluding carboxylic acids is 1. The summed E-state index contributed by atoms with van der Waals surface area (Å²) in [5.41, 5.74) is 2.53. The highest BCUT2D eigenvalue weighted by atomic mass is 32.1. The minimum Gasteiger partial charge on any atom is -0.444 e. The van der Waals surface area contributed by atoms with Gasteiger partial charge in [0.1, 0.15) is 5.60 Å². The number of ether oxygens (including phenoxy) is 1. The van der Waals surface area contributed by atoms with Crippen molar-refractivity contribution in [2.45, 2.75) is 65.0 Å². The van der Waals surface area contributed by atoms with Gasteiger partial charge in [0.25, 0.3) is 0 Å². The molecule has 1 aliphatic rings. The van der Waals surface area contributed by atoms with Crippen molar-refractivity contribution >= 4 is 17.4 Å². The number of fused-ring (bicyclic) bond motifs is 1. The zero-order valence-electron chi connectivity index (χ0n) is 13.2. The van der Waals surface area contributed by atoms with E-state index in [1.807, 2.05) is 39.2 Å². The van der Waals surface area contributed by atoms with E-state index in [1.165, 1.54) is 16.0 Å². The van der Waals surface area contributed by atoms with Crippen molar-refractivity contribution in [3.8, 4) is 0 Å². The molecule has 20 heavy (non-hydrogen) atoms. The van der Waals surface area contributed by atoms with Crippen LogP contribution in [0.5, 0.6) is 0 Å². The van der Waals surface area contributed by atoms with Crippen LogP contribution in [0.3, 0.4) is 0 Å². The lowest BCUT2D eigenvalue weighted by atomic mass is 9.89. The summed E-state index contributed by atoms with van der Waals surface area (Å²) in [5.74, 6) is 0. The van der Waals surface area contributed by atoms with Gasteiger partial charge in [0.2, 0.25) is 0 Å². The molecule has 0 radical (unpaired) electrons.